The van der Waals surface area contributed by atoms with E-state index >= 15 is 0 Å². The van der Waals surface area contributed by atoms with E-state index in [2.05, 4.69) is 32.7 Å². The third-order valence-electron chi connectivity index (χ3n) is 4.55. The molecule has 0 radical (unpaired) electrons. The lowest BCUT2D eigenvalue weighted by atomic mass is 9.95. The molecule has 1 fully saturated rings. The summed E-state index contributed by atoms with van der Waals surface area (Å²) in [5.74, 6) is 1.52. The van der Waals surface area contributed by atoms with Crippen LogP contribution in [0.2, 0.25) is 0 Å². The molecular weight excluding hydrogens is 184 g/mol. The largest absolute Gasteiger partial charge is 0.330 e. The third kappa shape index (κ3) is 2.94. The fourth-order valence-electron chi connectivity index (χ4n) is 2.87. The van der Waals surface area contributed by atoms with Crippen LogP contribution >= 0.6 is 0 Å². The summed E-state index contributed by atoms with van der Waals surface area (Å²) < 4.78 is 0. The zero-order chi connectivity index (χ0) is 11.4. The van der Waals surface area contributed by atoms with Crippen LogP contribution in [-0.4, -0.2) is 30.6 Å². The maximum Gasteiger partial charge on any atom is 0.0135 e. The topological polar surface area (TPSA) is 29.3 Å². The molecule has 0 spiro atoms. The van der Waals surface area contributed by atoms with Gasteiger partial charge >= 0.3 is 0 Å². The Morgan fingerprint density at radius 2 is 2.00 bits per heavy atom. The molecule has 1 saturated carbocycles. The molecule has 0 aliphatic heterocycles. The molecule has 2 N–H and O–H groups in total. The van der Waals surface area contributed by atoms with Crippen LogP contribution in [0.1, 0.15) is 46.5 Å². The summed E-state index contributed by atoms with van der Waals surface area (Å²) >= 11 is 0. The van der Waals surface area contributed by atoms with Crippen molar-refractivity contribution in [3.63, 3.8) is 0 Å². The molecule has 0 aromatic carbocycles. The van der Waals surface area contributed by atoms with Gasteiger partial charge in [0, 0.05) is 12.1 Å². The van der Waals surface area contributed by atoms with Gasteiger partial charge in [-0.25, -0.2) is 0 Å². The Kier molecular flexibility index (Phi) is 5.07. The van der Waals surface area contributed by atoms with Crippen molar-refractivity contribution in [2.45, 2.75) is 58.5 Å². The van der Waals surface area contributed by atoms with Gasteiger partial charge in [0.1, 0.15) is 0 Å². The second-order valence-electron chi connectivity index (χ2n) is 5.29. The van der Waals surface area contributed by atoms with Crippen molar-refractivity contribution in [1.29, 1.82) is 0 Å². The van der Waals surface area contributed by atoms with Crippen molar-refractivity contribution in [1.82, 2.24) is 4.90 Å². The van der Waals surface area contributed by atoms with Crippen LogP contribution in [0.25, 0.3) is 0 Å². The standard InChI is InChI=1S/C13H28N2/c1-5-10(2)11(3)15(4)13-8-6-7-12(13)9-14/h10-13H,5-9,14H2,1-4H3. The number of nitrogens with zero attached hydrogens (tertiary/aromatic N) is 1. The zero-order valence-corrected chi connectivity index (χ0v) is 10.9. The molecule has 0 bridgehead atoms. The van der Waals surface area contributed by atoms with Gasteiger partial charge in [-0.3, -0.25) is 0 Å². The summed E-state index contributed by atoms with van der Waals surface area (Å²) in [6.07, 6.45) is 5.31. The minimum absolute atomic E-state index is 0.687. The van der Waals surface area contributed by atoms with Crippen LogP contribution in [0.15, 0.2) is 0 Å². The van der Waals surface area contributed by atoms with Crippen LogP contribution in [0.3, 0.4) is 0 Å². The van der Waals surface area contributed by atoms with E-state index in [4.69, 9.17) is 5.73 Å². The van der Waals surface area contributed by atoms with Crippen molar-refractivity contribution in [3.8, 4) is 0 Å². The first-order chi connectivity index (χ1) is 7.11. The molecule has 15 heavy (non-hydrogen) atoms. The molecule has 0 saturated heterocycles. The SMILES string of the molecule is CCC(C)C(C)N(C)C1CCCC1CN. The predicted octanol–water partition coefficient (Wildman–Crippen LogP) is 2.48. The fourth-order valence-corrected chi connectivity index (χ4v) is 2.87. The Balaban J connectivity index is 2.54. The average molecular weight is 212 g/mol. The van der Waals surface area contributed by atoms with E-state index in [1.807, 2.05) is 0 Å². The Bertz CT molecular complexity index is 181. The van der Waals surface area contributed by atoms with Gasteiger partial charge in [-0.05, 0) is 45.2 Å². The second kappa shape index (κ2) is 5.86. The van der Waals surface area contributed by atoms with Crippen molar-refractivity contribution in [2.75, 3.05) is 13.6 Å². The predicted molar refractivity (Wildman–Crippen MR) is 66.9 cm³/mol. The highest BCUT2D eigenvalue weighted by molar-refractivity contribution is 4.87. The maximum absolute atomic E-state index is 5.84. The number of nitrogens with two attached hydrogens (primary N) is 1. The molecule has 0 aromatic rings. The Morgan fingerprint density at radius 1 is 1.33 bits per heavy atom. The lowest BCUT2D eigenvalue weighted by molar-refractivity contribution is 0.115. The molecule has 1 aliphatic rings. The minimum Gasteiger partial charge on any atom is -0.330 e. The minimum atomic E-state index is 0.687. The summed E-state index contributed by atoms with van der Waals surface area (Å²) in [6, 6.07) is 1.42. The molecule has 1 rings (SSSR count). The van der Waals surface area contributed by atoms with Gasteiger partial charge in [0.2, 0.25) is 0 Å². The Morgan fingerprint density at radius 3 is 2.53 bits per heavy atom. The van der Waals surface area contributed by atoms with Gasteiger partial charge in [-0.2, -0.15) is 0 Å². The van der Waals surface area contributed by atoms with Crippen molar-refractivity contribution in [3.05, 3.63) is 0 Å². The number of hydrogen-bond donors (Lipinski definition) is 1. The first-order valence-electron chi connectivity index (χ1n) is 6.53. The molecule has 90 valence electrons. The van der Waals surface area contributed by atoms with E-state index in [0.29, 0.717) is 6.04 Å². The van der Waals surface area contributed by atoms with E-state index in [9.17, 15) is 0 Å². The second-order valence-corrected chi connectivity index (χ2v) is 5.29. The fraction of sp³-hybridized carbons (Fsp3) is 1.00. The van der Waals surface area contributed by atoms with E-state index < -0.39 is 0 Å². The molecule has 2 nitrogen and oxygen atoms in total. The van der Waals surface area contributed by atoms with Crippen LogP contribution < -0.4 is 5.73 Å². The third-order valence-corrected chi connectivity index (χ3v) is 4.55. The lowest BCUT2D eigenvalue weighted by Crippen LogP contribution is -2.45. The molecule has 4 unspecified atom stereocenters. The summed E-state index contributed by atoms with van der Waals surface area (Å²) in [5, 5.41) is 0. The van der Waals surface area contributed by atoms with Gasteiger partial charge in [-0.1, -0.05) is 26.7 Å². The number of rotatable bonds is 5. The molecule has 0 aromatic heterocycles. The molecule has 2 heteroatoms. The van der Waals surface area contributed by atoms with E-state index in [0.717, 1.165) is 24.4 Å². The van der Waals surface area contributed by atoms with E-state index in [-0.39, 0.29) is 0 Å². The summed E-state index contributed by atoms with van der Waals surface area (Å²) in [4.78, 5) is 2.58. The highest BCUT2D eigenvalue weighted by Crippen LogP contribution is 2.31. The highest BCUT2D eigenvalue weighted by atomic mass is 15.2. The monoisotopic (exact) mass is 212 g/mol. The summed E-state index contributed by atoms with van der Waals surface area (Å²) in [6.45, 7) is 7.86. The molecule has 0 amide bonds. The Hall–Kier alpha value is -0.0800. The van der Waals surface area contributed by atoms with Crippen LogP contribution in [0.4, 0.5) is 0 Å². The molecule has 4 atom stereocenters. The van der Waals surface area contributed by atoms with Gasteiger partial charge in [0.05, 0.1) is 0 Å². The van der Waals surface area contributed by atoms with Gasteiger partial charge in [0.15, 0.2) is 0 Å². The van der Waals surface area contributed by atoms with Crippen molar-refractivity contribution in [2.24, 2.45) is 17.6 Å². The first-order valence-corrected chi connectivity index (χ1v) is 6.53. The first kappa shape index (κ1) is 13.0. The van der Waals surface area contributed by atoms with Gasteiger partial charge < -0.3 is 10.6 Å². The van der Waals surface area contributed by atoms with Crippen molar-refractivity contribution < 1.29 is 0 Å². The van der Waals surface area contributed by atoms with Crippen LogP contribution in [-0.2, 0) is 0 Å². The molecule has 1 aliphatic carbocycles. The number of hydrogen-bond acceptors (Lipinski definition) is 2. The Labute approximate surface area is 95.2 Å². The van der Waals surface area contributed by atoms with E-state index in [1.165, 1.54) is 25.7 Å². The quantitative estimate of drug-likeness (QED) is 0.758. The van der Waals surface area contributed by atoms with Gasteiger partial charge in [0.25, 0.3) is 0 Å². The average Bonchev–Trinajstić information content (AvgIpc) is 2.73. The van der Waals surface area contributed by atoms with E-state index in [1.54, 1.807) is 0 Å². The van der Waals surface area contributed by atoms with Crippen LogP contribution in [0.5, 0.6) is 0 Å². The summed E-state index contributed by atoms with van der Waals surface area (Å²) in [7, 11) is 2.29. The van der Waals surface area contributed by atoms with Crippen LogP contribution in [0, 0.1) is 11.8 Å². The maximum atomic E-state index is 5.84. The molecular formula is C13H28N2. The van der Waals surface area contributed by atoms with Crippen molar-refractivity contribution >= 4 is 0 Å². The smallest absolute Gasteiger partial charge is 0.0135 e. The normalized spacial score (nSPS) is 30.8. The molecule has 0 heterocycles. The lowest BCUT2D eigenvalue weighted by Gasteiger charge is -2.37. The highest BCUT2D eigenvalue weighted by Gasteiger charge is 2.32. The van der Waals surface area contributed by atoms with Gasteiger partial charge in [-0.15, -0.1) is 0 Å². The zero-order valence-electron chi connectivity index (χ0n) is 10.9. The summed E-state index contributed by atoms with van der Waals surface area (Å²) in [5.41, 5.74) is 5.84.